The number of rotatable bonds is 9. The first-order valence-electron chi connectivity index (χ1n) is 16.7. The number of esters is 3. The van der Waals surface area contributed by atoms with Crippen molar-refractivity contribution in [2.24, 2.45) is 0 Å². The van der Waals surface area contributed by atoms with Gasteiger partial charge in [-0.2, -0.15) is 0 Å². The fourth-order valence-corrected chi connectivity index (χ4v) is 8.90. The molecule has 1 N–H and O–H groups in total. The molecule has 2 aromatic heterocycles. The molecule has 2 aliphatic heterocycles. The highest BCUT2D eigenvalue weighted by Crippen LogP contribution is 2.42. The zero-order valence-corrected chi connectivity index (χ0v) is 30.7. The van der Waals surface area contributed by atoms with E-state index in [9.17, 15) is 24.0 Å². The van der Waals surface area contributed by atoms with Crippen LogP contribution in [0.25, 0.3) is 22.3 Å². The van der Waals surface area contributed by atoms with Crippen molar-refractivity contribution in [3.8, 4) is 17.1 Å². The normalized spacial score (nSPS) is 16.8. The van der Waals surface area contributed by atoms with Crippen LogP contribution in [0.2, 0.25) is 18.6 Å². The molecule has 0 bridgehead atoms. The van der Waals surface area contributed by atoms with E-state index in [0.717, 1.165) is 16.1 Å². The van der Waals surface area contributed by atoms with E-state index in [0.29, 0.717) is 33.8 Å². The molecular weight excluding hydrogens is 646 g/mol. The Kier molecular flexibility index (Phi) is 9.54. The van der Waals surface area contributed by atoms with Crippen molar-refractivity contribution in [3.05, 3.63) is 51.3 Å². The van der Waals surface area contributed by atoms with Crippen LogP contribution >= 0.6 is 0 Å². The van der Waals surface area contributed by atoms with Gasteiger partial charge in [-0.15, -0.1) is 0 Å². The van der Waals surface area contributed by atoms with Gasteiger partial charge in [0.25, 0.3) is 5.56 Å². The van der Waals surface area contributed by atoms with Gasteiger partial charge >= 0.3 is 24.0 Å². The number of pyridine rings is 2. The molecular formula is C36H45N3O9Si. The Morgan fingerprint density at radius 2 is 1.84 bits per heavy atom. The number of ether oxygens (including phenoxy) is 4. The van der Waals surface area contributed by atoms with Crippen molar-refractivity contribution in [1.82, 2.24) is 14.9 Å². The molecule has 12 nitrogen and oxygen atoms in total. The van der Waals surface area contributed by atoms with Crippen LogP contribution < -0.4 is 20.8 Å². The Hall–Kier alpha value is -4.52. The first-order valence-corrected chi connectivity index (χ1v) is 19.8. The minimum absolute atomic E-state index is 0.0408. The van der Waals surface area contributed by atoms with E-state index >= 15 is 0 Å². The van der Waals surface area contributed by atoms with Crippen LogP contribution in [-0.4, -0.2) is 53.8 Å². The zero-order valence-electron chi connectivity index (χ0n) is 29.7. The third-order valence-electron chi connectivity index (χ3n) is 9.49. The van der Waals surface area contributed by atoms with Gasteiger partial charge in [-0.1, -0.05) is 33.9 Å². The van der Waals surface area contributed by atoms with Crippen molar-refractivity contribution in [1.29, 1.82) is 0 Å². The summed E-state index contributed by atoms with van der Waals surface area (Å²) in [5, 5.41) is 4.61. The van der Waals surface area contributed by atoms with Crippen molar-refractivity contribution in [2.45, 2.75) is 111 Å². The number of fused-ring (bicyclic) bond motifs is 5. The maximum atomic E-state index is 14.2. The molecule has 0 spiro atoms. The SMILES string of the molecule is CCC1(OC(=O)CCCNC(=O)OC(C)(C)C)C(=O)OCc2c1cc1n(c2=O)Cc2c-1nc1ccc(OC(C)=O)cc1c2[Si](C)(C)C(C)C. The van der Waals surface area contributed by atoms with E-state index < -0.39 is 43.3 Å². The molecule has 1 unspecified atom stereocenters. The number of hydrogen-bond donors (Lipinski definition) is 1. The second kappa shape index (κ2) is 13.1. The van der Waals surface area contributed by atoms with Crippen LogP contribution in [0.15, 0.2) is 29.1 Å². The lowest BCUT2D eigenvalue weighted by Gasteiger charge is -2.35. The Morgan fingerprint density at radius 1 is 1.12 bits per heavy atom. The van der Waals surface area contributed by atoms with E-state index in [1.807, 2.05) is 12.1 Å². The molecule has 4 heterocycles. The molecule has 1 amide bonds. The molecule has 1 atom stereocenters. The van der Waals surface area contributed by atoms with E-state index in [-0.39, 0.29) is 50.1 Å². The predicted molar refractivity (Wildman–Crippen MR) is 185 cm³/mol. The smallest absolute Gasteiger partial charge is 0.407 e. The number of carbonyl (C=O) groups is 4. The van der Waals surface area contributed by atoms with Gasteiger partial charge in [0.05, 0.1) is 37.1 Å². The number of cyclic esters (lactones) is 1. The fourth-order valence-electron chi connectivity index (χ4n) is 6.45. The lowest BCUT2D eigenvalue weighted by atomic mass is 9.85. The Bertz CT molecular complexity index is 1930. The number of alkyl carbamates (subject to hydrolysis) is 1. The second-order valence-electron chi connectivity index (χ2n) is 14.5. The summed E-state index contributed by atoms with van der Waals surface area (Å²) in [6, 6.07) is 7.12. The number of benzene rings is 1. The van der Waals surface area contributed by atoms with E-state index in [2.05, 4.69) is 32.3 Å². The molecule has 0 fully saturated rings. The van der Waals surface area contributed by atoms with Gasteiger partial charge in [-0.25, -0.2) is 14.6 Å². The van der Waals surface area contributed by atoms with Gasteiger partial charge in [0.2, 0.25) is 5.60 Å². The largest absolute Gasteiger partial charge is 0.457 e. The molecule has 0 radical (unpaired) electrons. The zero-order chi connectivity index (χ0) is 36.1. The first kappa shape index (κ1) is 35.8. The van der Waals surface area contributed by atoms with Gasteiger partial charge in [0, 0.05) is 30.8 Å². The van der Waals surface area contributed by atoms with Crippen LogP contribution in [0.5, 0.6) is 5.75 Å². The van der Waals surface area contributed by atoms with Crippen LogP contribution in [0, 0.1) is 0 Å². The number of nitrogens with zero attached hydrogens (tertiary/aromatic N) is 2. The minimum Gasteiger partial charge on any atom is -0.457 e. The van der Waals surface area contributed by atoms with E-state index in [1.54, 1.807) is 44.4 Å². The van der Waals surface area contributed by atoms with Crippen LogP contribution in [-0.2, 0) is 47.3 Å². The van der Waals surface area contributed by atoms with Crippen molar-refractivity contribution in [2.75, 3.05) is 6.54 Å². The fraction of sp³-hybridized carbons (Fsp3) is 0.500. The summed E-state index contributed by atoms with van der Waals surface area (Å²) in [5.74, 6) is -1.41. The van der Waals surface area contributed by atoms with Crippen molar-refractivity contribution >= 4 is 48.2 Å². The average molecular weight is 692 g/mol. The maximum absolute atomic E-state index is 14.2. The number of aromatic nitrogens is 2. The number of hydrogen-bond acceptors (Lipinski definition) is 10. The molecule has 0 aliphatic carbocycles. The average Bonchev–Trinajstić information content (AvgIpc) is 3.36. The van der Waals surface area contributed by atoms with E-state index in [4.69, 9.17) is 23.9 Å². The molecule has 5 rings (SSSR count). The summed E-state index contributed by atoms with van der Waals surface area (Å²) < 4.78 is 23.7. The lowest BCUT2D eigenvalue weighted by Crippen LogP contribution is -2.48. The molecule has 2 aliphatic rings. The van der Waals surface area contributed by atoms with E-state index in [1.165, 1.54) is 6.92 Å². The van der Waals surface area contributed by atoms with Crippen molar-refractivity contribution in [3.63, 3.8) is 0 Å². The highest BCUT2D eigenvalue weighted by Gasteiger charge is 2.50. The maximum Gasteiger partial charge on any atom is 0.407 e. The van der Waals surface area contributed by atoms with Crippen LogP contribution in [0.3, 0.4) is 0 Å². The van der Waals surface area contributed by atoms with Gasteiger partial charge < -0.3 is 28.8 Å². The third-order valence-corrected chi connectivity index (χ3v) is 14.2. The molecule has 49 heavy (non-hydrogen) atoms. The standard InChI is InChI=1S/C36H45N3O9Si/c1-10-36(47-29(41)12-11-15-37-34(44)48-35(5,6)7)26-17-28-30-24(18-39(28)32(42)25(26)19-45-33(36)43)31(49(8,9)20(2)3)23-16-22(46-21(4)40)13-14-27(23)38-30/h13-14,16-17,20H,10-12,15,18-19H2,1-9H3,(H,37,44). The number of amides is 1. The number of carbonyl (C=O) groups excluding carboxylic acids is 4. The molecule has 0 saturated heterocycles. The first-order chi connectivity index (χ1) is 22.9. The number of nitrogens with one attached hydrogen (secondary N) is 1. The van der Waals surface area contributed by atoms with Gasteiger partial charge in [-0.05, 0) is 74.2 Å². The Labute approximate surface area is 286 Å². The molecule has 13 heteroatoms. The third kappa shape index (κ3) is 6.72. The molecule has 3 aromatic rings. The quantitative estimate of drug-likeness (QED) is 0.0817. The highest BCUT2D eigenvalue weighted by molar-refractivity contribution is 6.92. The molecule has 262 valence electrons. The molecule has 1 aromatic carbocycles. The summed E-state index contributed by atoms with van der Waals surface area (Å²) in [5.41, 5.74) is 0.821. The Morgan fingerprint density at radius 3 is 2.47 bits per heavy atom. The van der Waals surface area contributed by atoms with Gasteiger partial charge in [-0.3, -0.25) is 14.4 Å². The topological polar surface area (TPSA) is 152 Å². The minimum atomic E-state index is -2.21. The summed E-state index contributed by atoms with van der Waals surface area (Å²) in [4.78, 5) is 69.7. The summed E-state index contributed by atoms with van der Waals surface area (Å²) >= 11 is 0. The Balaban J connectivity index is 1.56. The van der Waals surface area contributed by atoms with Crippen LogP contribution in [0.1, 0.15) is 84.4 Å². The van der Waals surface area contributed by atoms with Gasteiger partial charge in [0.1, 0.15) is 18.0 Å². The van der Waals surface area contributed by atoms with Crippen molar-refractivity contribution < 1.29 is 38.1 Å². The summed E-state index contributed by atoms with van der Waals surface area (Å²) in [6.07, 6.45) is -0.402. The van der Waals surface area contributed by atoms with Gasteiger partial charge in [0.15, 0.2) is 0 Å². The second-order valence-corrected chi connectivity index (χ2v) is 19.6. The lowest BCUT2D eigenvalue weighted by molar-refractivity contribution is -0.189. The highest BCUT2D eigenvalue weighted by atomic mass is 28.3. The summed E-state index contributed by atoms with van der Waals surface area (Å²) in [7, 11) is -2.21. The van der Waals surface area contributed by atoms with Crippen LogP contribution in [0.4, 0.5) is 4.79 Å². The summed E-state index contributed by atoms with van der Waals surface area (Å²) in [6.45, 7) is 17.4. The monoisotopic (exact) mass is 691 g/mol. The molecule has 0 saturated carbocycles. The predicted octanol–water partition coefficient (Wildman–Crippen LogP) is 5.19.